The van der Waals surface area contributed by atoms with Crippen molar-refractivity contribution in [2.45, 2.75) is 13.8 Å². The molecule has 0 atom stereocenters. The van der Waals surface area contributed by atoms with E-state index in [1.54, 1.807) is 12.5 Å². The average Bonchev–Trinajstić information content (AvgIpc) is 3.05. The third-order valence-electron chi connectivity index (χ3n) is 3.33. The number of anilines is 1. The maximum atomic E-state index is 4.69. The van der Waals surface area contributed by atoms with E-state index < -0.39 is 0 Å². The number of benzene rings is 2. The van der Waals surface area contributed by atoms with Crippen molar-refractivity contribution in [3.8, 4) is 0 Å². The maximum absolute atomic E-state index is 4.69. The van der Waals surface area contributed by atoms with Gasteiger partial charge in [0.25, 0.3) is 0 Å². The minimum atomic E-state index is 0.713. The van der Waals surface area contributed by atoms with E-state index in [2.05, 4.69) is 53.4 Å². The van der Waals surface area contributed by atoms with Crippen LogP contribution >= 0.6 is 0 Å². The monoisotopic (exact) mass is 290 g/mol. The molecule has 0 unspecified atom stereocenters. The van der Waals surface area contributed by atoms with Crippen LogP contribution in [0.4, 0.5) is 11.4 Å². The lowest BCUT2D eigenvalue weighted by Crippen LogP contribution is -2.20. The molecule has 4 nitrogen and oxygen atoms in total. The molecule has 3 aromatic rings. The van der Waals surface area contributed by atoms with Gasteiger partial charge in [-0.15, -0.1) is 0 Å². The smallest absolute Gasteiger partial charge is 0.213 e. The fourth-order valence-electron chi connectivity index (χ4n) is 2.04. The first-order valence-electron chi connectivity index (χ1n) is 7.18. The van der Waals surface area contributed by atoms with E-state index in [9.17, 15) is 0 Å². The van der Waals surface area contributed by atoms with Crippen LogP contribution in [0, 0.1) is 13.8 Å². The van der Waals surface area contributed by atoms with Crippen LogP contribution < -0.4 is 5.32 Å². The van der Waals surface area contributed by atoms with Gasteiger partial charge in [0, 0.05) is 18.1 Å². The van der Waals surface area contributed by atoms with Gasteiger partial charge in [-0.3, -0.25) is 4.57 Å². The Labute approximate surface area is 130 Å². The molecule has 0 bridgehead atoms. The quantitative estimate of drug-likeness (QED) is 0.569. The number of aryl methyl sites for hydroxylation is 2. The number of imidazole rings is 1. The highest BCUT2D eigenvalue weighted by atomic mass is 15.2. The van der Waals surface area contributed by atoms with E-state index in [0.717, 1.165) is 11.4 Å². The topological polar surface area (TPSA) is 42.2 Å². The minimum absolute atomic E-state index is 0.713. The molecule has 2 aromatic carbocycles. The van der Waals surface area contributed by atoms with Crippen molar-refractivity contribution in [1.82, 2.24) is 9.55 Å². The summed E-state index contributed by atoms with van der Waals surface area (Å²) in [5, 5.41) is 3.34. The molecular formula is C18H18N4. The zero-order chi connectivity index (χ0) is 15.4. The van der Waals surface area contributed by atoms with Gasteiger partial charge in [0.15, 0.2) is 0 Å². The Balaban J connectivity index is 1.93. The van der Waals surface area contributed by atoms with Crippen molar-refractivity contribution in [1.29, 1.82) is 0 Å². The second kappa shape index (κ2) is 6.26. The van der Waals surface area contributed by atoms with Crippen LogP contribution in [-0.2, 0) is 0 Å². The highest BCUT2D eigenvalue weighted by Gasteiger charge is 2.03. The molecule has 1 aromatic heterocycles. The largest absolute Gasteiger partial charge is 0.325 e. The van der Waals surface area contributed by atoms with E-state index in [1.165, 1.54) is 11.1 Å². The zero-order valence-electron chi connectivity index (χ0n) is 12.7. The summed E-state index contributed by atoms with van der Waals surface area (Å²) in [7, 11) is 0. The molecule has 0 aliphatic heterocycles. The average molecular weight is 290 g/mol. The van der Waals surface area contributed by atoms with Crippen molar-refractivity contribution >= 4 is 17.3 Å². The van der Waals surface area contributed by atoms with Gasteiger partial charge in [0.05, 0.1) is 5.69 Å². The Kier molecular flexibility index (Phi) is 4.01. The van der Waals surface area contributed by atoms with Crippen molar-refractivity contribution in [2.24, 2.45) is 4.99 Å². The summed E-state index contributed by atoms with van der Waals surface area (Å²) < 4.78 is 1.86. The van der Waals surface area contributed by atoms with E-state index in [1.807, 2.05) is 35.0 Å². The van der Waals surface area contributed by atoms with Gasteiger partial charge < -0.3 is 5.32 Å². The van der Waals surface area contributed by atoms with Gasteiger partial charge >= 0.3 is 0 Å². The van der Waals surface area contributed by atoms with Gasteiger partial charge in [-0.05, 0) is 38.1 Å². The molecule has 0 aliphatic carbocycles. The third-order valence-corrected chi connectivity index (χ3v) is 3.33. The summed E-state index contributed by atoms with van der Waals surface area (Å²) in [6, 6.07) is 16.3. The van der Waals surface area contributed by atoms with Crippen LogP contribution in [0.1, 0.15) is 11.1 Å². The van der Waals surface area contributed by atoms with Crippen LogP contribution in [0.3, 0.4) is 0 Å². The summed E-state index contributed by atoms with van der Waals surface area (Å²) >= 11 is 0. The third kappa shape index (κ3) is 3.41. The Hall–Kier alpha value is -2.88. The molecule has 1 N–H and O–H groups in total. The minimum Gasteiger partial charge on any atom is -0.325 e. The number of aliphatic imine (C=N–C) groups is 1. The van der Waals surface area contributed by atoms with Crippen molar-refractivity contribution in [3.63, 3.8) is 0 Å². The molecule has 22 heavy (non-hydrogen) atoms. The second-order valence-corrected chi connectivity index (χ2v) is 5.23. The van der Waals surface area contributed by atoms with Gasteiger partial charge in [-0.2, -0.15) is 0 Å². The van der Waals surface area contributed by atoms with Crippen LogP contribution in [-0.4, -0.2) is 15.5 Å². The fourth-order valence-corrected chi connectivity index (χ4v) is 2.04. The van der Waals surface area contributed by atoms with Crippen LogP contribution in [0.2, 0.25) is 0 Å². The first kappa shape index (κ1) is 14.1. The molecule has 0 radical (unpaired) electrons. The van der Waals surface area contributed by atoms with Gasteiger partial charge in [-0.25, -0.2) is 9.98 Å². The highest BCUT2D eigenvalue weighted by molar-refractivity contribution is 5.96. The normalized spacial score (nSPS) is 11.5. The fraction of sp³-hybridized carbons (Fsp3) is 0.111. The summed E-state index contributed by atoms with van der Waals surface area (Å²) in [4.78, 5) is 8.79. The maximum Gasteiger partial charge on any atom is 0.213 e. The van der Waals surface area contributed by atoms with Gasteiger partial charge in [0.1, 0.15) is 6.33 Å². The van der Waals surface area contributed by atoms with Crippen LogP contribution in [0.25, 0.3) is 0 Å². The Morgan fingerprint density at radius 1 is 0.955 bits per heavy atom. The molecule has 0 saturated heterocycles. The molecule has 0 saturated carbocycles. The highest BCUT2D eigenvalue weighted by Crippen LogP contribution is 2.15. The summed E-state index contributed by atoms with van der Waals surface area (Å²) in [5.74, 6) is 0.713. The standard InChI is InChI=1S/C18H18N4/c1-14-3-7-16(8-4-14)20-18(22-12-11-19-13-22)21-17-9-5-15(2)6-10-17/h3-13H,1-2H3,(H,20,21). The Bertz CT molecular complexity index is 754. The van der Waals surface area contributed by atoms with Gasteiger partial charge in [0.2, 0.25) is 5.96 Å². The lowest BCUT2D eigenvalue weighted by Gasteiger charge is -2.11. The first-order valence-corrected chi connectivity index (χ1v) is 7.18. The van der Waals surface area contributed by atoms with E-state index in [4.69, 9.17) is 0 Å². The van der Waals surface area contributed by atoms with Gasteiger partial charge in [-0.1, -0.05) is 35.4 Å². The number of hydrogen-bond donors (Lipinski definition) is 1. The number of hydrogen-bond acceptors (Lipinski definition) is 2. The first-order chi connectivity index (χ1) is 10.7. The molecule has 3 rings (SSSR count). The number of rotatable bonds is 2. The molecule has 4 heteroatoms. The van der Waals surface area contributed by atoms with E-state index in [-0.39, 0.29) is 0 Å². The molecular weight excluding hydrogens is 272 g/mol. The van der Waals surface area contributed by atoms with E-state index in [0.29, 0.717) is 5.96 Å². The SMILES string of the molecule is Cc1ccc(N=C(Nc2ccc(C)cc2)n2ccnc2)cc1. The zero-order valence-corrected chi connectivity index (χ0v) is 12.7. The summed E-state index contributed by atoms with van der Waals surface area (Å²) in [6.07, 6.45) is 5.34. The molecule has 1 heterocycles. The Morgan fingerprint density at radius 3 is 2.18 bits per heavy atom. The summed E-state index contributed by atoms with van der Waals surface area (Å²) in [6.45, 7) is 4.13. The van der Waals surface area contributed by atoms with Crippen molar-refractivity contribution in [2.75, 3.05) is 5.32 Å². The lowest BCUT2D eigenvalue weighted by atomic mass is 10.2. The van der Waals surface area contributed by atoms with Crippen LogP contribution in [0.5, 0.6) is 0 Å². The number of nitrogens with one attached hydrogen (secondary N) is 1. The lowest BCUT2D eigenvalue weighted by molar-refractivity contribution is 1.11. The summed E-state index contributed by atoms with van der Waals surface area (Å²) in [5.41, 5.74) is 4.33. The molecule has 110 valence electrons. The molecule has 0 fully saturated rings. The number of nitrogens with zero attached hydrogens (tertiary/aromatic N) is 3. The molecule has 0 aliphatic rings. The molecule has 0 amide bonds. The van der Waals surface area contributed by atoms with Crippen LogP contribution in [0.15, 0.2) is 72.2 Å². The van der Waals surface area contributed by atoms with Crippen molar-refractivity contribution in [3.05, 3.63) is 78.4 Å². The molecule has 0 spiro atoms. The predicted molar refractivity (Wildman–Crippen MR) is 90.7 cm³/mol. The second-order valence-electron chi connectivity index (χ2n) is 5.23. The predicted octanol–water partition coefficient (Wildman–Crippen LogP) is 4.15. The van der Waals surface area contributed by atoms with E-state index >= 15 is 0 Å². The Morgan fingerprint density at radius 2 is 1.59 bits per heavy atom. The number of aromatic nitrogens is 2. The van der Waals surface area contributed by atoms with Crippen molar-refractivity contribution < 1.29 is 0 Å².